The number of para-hydroxylation sites is 1. The molecular formula is C47H57F3N8O9. The number of nitrogens with two attached hydrogens (primary N) is 1. The fourth-order valence-electron chi connectivity index (χ4n) is 8.08. The Morgan fingerprint density at radius 1 is 0.657 bits per heavy atom. The number of carbonyl (C=O) groups excluding carboxylic acids is 6. The number of carboxylic acids is 1. The maximum absolute atomic E-state index is 14.5. The molecule has 4 aromatic rings. The number of alkyl halides is 3. The second kappa shape index (κ2) is 24.1. The van der Waals surface area contributed by atoms with Gasteiger partial charge in [-0.2, -0.15) is 13.2 Å². The van der Waals surface area contributed by atoms with Crippen molar-refractivity contribution in [2.45, 2.75) is 113 Å². The molecule has 20 heteroatoms. The van der Waals surface area contributed by atoms with Gasteiger partial charge in [-0.05, 0) is 68.3 Å². The van der Waals surface area contributed by atoms with E-state index in [9.17, 15) is 47.0 Å². The van der Waals surface area contributed by atoms with E-state index >= 15 is 0 Å². The number of H-pyrrole nitrogens is 1. The zero-order valence-corrected chi connectivity index (χ0v) is 36.8. The number of aromatic amines is 1. The summed E-state index contributed by atoms with van der Waals surface area (Å²) in [7, 11) is 0. The van der Waals surface area contributed by atoms with Crippen LogP contribution in [-0.2, 0) is 52.8 Å². The van der Waals surface area contributed by atoms with E-state index in [-0.39, 0.29) is 25.7 Å². The number of benzene rings is 3. The minimum Gasteiger partial charge on any atom is -0.475 e. The number of aliphatic carboxylic acids is 1. The number of amides is 6. The molecule has 0 bridgehead atoms. The van der Waals surface area contributed by atoms with Crippen LogP contribution >= 0.6 is 0 Å². The second-order valence-corrected chi connectivity index (χ2v) is 16.7. The Bertz CT molecular complexity index is 2330. The molecule has 6 rings (SSSR count). The van der Waals surface area contributed by atoms with Crippen LogP contribution in [0.4, 0.5) is 13.2 Å². The van der Waals surface area contributed by atoms with Gasteiger partial charge in [0.2, 0.25) is 35.4 Å². The standard InChI is InChI=1S/C45H56N8O7.C2HF3O2/c1-27(54)39-45(60)52-37(24-29-15-6-3-7-16-29)42(57)48-34-21-12-18-32(34)40(55)50-36(23-28-13-4-2-5-14-28)43(58)51-38(25-30-26-47-33-19-9-8-17-31(30)33)44(59)49-35(41(56)53-39)20-10-11-22-46;3-2(4,5)1(6)7/h2-9,13-17,19,26-27,32,34-39,47,54H,10-12,18,20-25,46H2,1H3,(H,48,57)(H,49,59)(H,50,55)(H,51,58)(H,52,60)(H,53,56);(H,6,7)/t27?,32-,34+,35?,36?,37?,38?,39?;/m0./s1. The average molecular weight is 935 g/mol. The van der Waals surface area contributed by atoms with Gasteiger partial charge >= 0.3 is 12.1 Å². The van der Waals surface area contributed by atoms with Crippen molar-refractivity contribution in [1.29, 1.82) is 0 Å². The summed E-state index contributed by atoms with van der Waals surface area (Å²) in [6, 6.07) is 19.0. The SMILES string of the molecule is CC(O)C1NC(=O)C(CCCCN)NC(=O)C(Cc2c[nH]c3ccccc23)NC(=O)C(Cc2ccccc2)NC(=O)[C@H]2CCC[C@H]2NC(=O)C(Cc2ccccc2)NC1=O.O=C(O)C(F)(F)F. The Morgan fingerprint density at radius 2 is 1.15 bits per heavy atom. The van der Waals surface area contributed by atoms with Crippen molar-refractivity contribution in [1.82, 2.24) is 36.9 Å². The van der Waals surface area contributed by atoms with Gasteiger partial charge in [0.15, 0.2) is 0 Å². The summed E-state index contributed by atoms with van der Waals surface area (Å²) < 4.78 is 31.7. The van der Waals surface area contributed by atoms with E-state index in [1.165, 1.54) is 6.92 Å². The number of aliphatic hydroxyl groups is 1. The maximum Gasteiger partial charge on any atom is 0.490 e. The summed E-state index contributed by atoms with van der Waals surface area (Å²) in [6.45, 7) is 1.68. The lowest BCUT2D eigenvalue weighted by molar-refractivity contribution is -0.192. The molecular weight excluding hydrogens is 878 g/mol. The maximum atomic E-state index is 14.5. The van der Waals surface area contributed by atoms with Gasteiger partial charge in [0.1, 0.15) is 30.2 Å². The number of hydrogen-bond acceptors (Lipinski definition) is 9. The lowest BCUT2D eigenvalue weighted by Gasteiger charge is -2.28. The van der Waals surface area contributed by atoms with E-state index in [2.05, 4.69) is 36.9 Å². The van der Waals surface area contributed by atoms with E-state index in [4.69, 9.17) is 15.6 Å². The van der Waals surface area contributed by atoms with Gasteiger partial charge in [-0.1, -0.05) is 85.3 Å². The highest BCUT2D eigenvalue weighted by atomic mass is 19.4. The van der Waals surface area contributed by atoms with Crippen LogP contribution in [0, 0.1) is 5.92 Å². The van der Waals surface area contributed by atoms with Gasteiger partial charge in [-0.3, -0.25) is 28.8 Å². The van der Waals surface area contributed by atoms with Crippen LogP contribution in [0.2, 0.25) is 0 Å². The van der Waals surface area contributed by atoms with Crippen molar-refractivity contribution >= 4 is 52.3 Å². The van der Waals surface area contributed by atoms with Gasteiger partial charge in [-0.25, -0.2) is 4.79 Å². The smallest absolute Gasteiger partial charge is 0.475 e. The fourth-order valence-corrected chi connectivity index (χ4v) is 8.08. The molecule has 0 radical (unpaired) electrons. The molecule has 1 aromatic heterocycles. The van der Waals surface area contributed by atoms with Crippen molar-refractivity contribution in [3.63, 3.8) is 0 Å². The topological polar surface area (TPSA) is 274 Å². The minimum atomic E-state index is -5.08. The molecule has 6 unspecified atom stereocenters. The number of aromatic nitrogens is 1. The highest BCUT2D eigenvalue weighted by molar-refractivity contribution is 5.98. The molecule has 2 heterocycles. The summed E-state index contributed by atoms with van der Waals surface area (Å²) in [5, 5.41) is 35.9. The van der Waals surface area contributed by atoms with Crippen molar-refractivity contribution in [2.75, 3.05) is 6.54 Å². The third-order valence-electron chi connectivity index (χ3n) is 11.6. The Morgan fingerprint density at radius 3 is 1.72 bits per heavy atom. The van der Waals surface area contributed by atoms with Gasteiger partial charge in [0.05, 0.1) is 12.0 Å². The molecule has 6 amide bonds. The fraction of sp³-hybridized carbons (Fsp3) is 0.426. The molecule has 0 spiro atoms. The highest BCUT2D eigenvalue weighted by Gasteiger charge is 2.40. The molecule has 17 nitrogen and oxygen atoms in total. The first kappa shape index (κ1) is 51.2. The highest BCUT2D eigenvalue weighted by Crippen LogP contribution is 2.27. The van der Waals surface area contributed by atoms with Crippen LogP contribution in [0.1, 0.15) is 62.1 Å². The van der Waals surface area contributed by atoms with Gasteiger partial charge in [0, 0.05) is 42.4 Å². The number of fused-ring (bicyclic) bond motifs is 2. The predicted molar refractivity (Wildman–Crippen MR) is 239 cm³/mol. The zero-order chi connectivity index (χ0) is 48.7. The molecule has 67 heavy (non-hydrogen) atoms. The molecule has 2 fully saturated rings. The van der Waals surface area contributed by atoms with Crippen molar-refractivity contribution < 1.29 is 56.9 Å². The third kappa shape index (κ3) is 14.9. The van der Waals surface area contributed by atoms with Crippen molar-refractivity contribution in [3.05, 3.63) is 108 Å². The van der Waals surface area contributed by atoms with Crippen LogP contribution < -0.4 is 37.6 Å². The molecule has 2 aliphatic rings. The quantitative estimate of drug-likeness (QED) is 0.0979. The number of carboxylic acid groups (broad SMARTS) is 1. The summed E-state index contributed by atoms with van der Waals surface area (Å²) in [5.74, 6) is -7.27. The predicted octanol–water partition coefficient (Wildman–Crippen LogP) is 2.06. The summed E-state index contributed by atoms with van der Waals surface area (Å²) in [6.07, 6.45) is -1.84. The number of carbonyl (C=O) groups is 7. The summed E-state index contributed by atoms with van der Waals surface area (Å²) >= 11 is 0. The van der Waals surface area contributed by atoms with Gasteiger partial charge in [0.25, 0.3) is 0 Å². The van der Waals surface area contributed by atoms with Crippen LogP contribution in [0.15, 0.2) is 91.1 Å². The first-order chi connectivity index (χ1) is 31.9. The molecule has 3 aromatic carbocycles. The Hall–Kier alpha value is -6.80. The van der Waals surface area contributed by atoms with Crippen molar-refractivity contribution in [3.8, 4) is 0 Å². The first-order valence-electron chi connectivity index (χ1n) is 22.1. The number of hydrogen-bond donors (Lipinski definition) is 10. The van der Waals surface area contributed by atoms with E-state index in [1.54, 1.807) is 18.3 Å². The van der Waals surface area contributed by atoms with Crippen molar-refractivity contribution in [2.24, 2.45) is 11.7 Å². The molecule has 11 N–H and O–H groups in total. The lowest BCUT2D eigenvalue weighted by atomic mass is 9.98. The molecule has 8 atom stereocenters. The van der Waals surface area contributed by atoms with E-state index in [0.717, 1.165) is 27.6 Å². The number of nitrogens with one attached hydrogen (secondary N) is 7. The van der Waals surface area contributed by atoms with Crippen LogP contribution in [0.5, 0.6) is 0 Å². The molecule has 1 saturated carbocycles. The van der Waals surface area contributed by atoms with Crippen LogP contribution in [0.25, 0.3) is 10.9 Å². The molecule has 360 valence electrons. The largest absolute Gasteiger partial charge is 0.490 e. The lowest BCUT2D eigenvalue weighted by Crippen LogP contribution is -2.61. The van der Waals surface area contributed by atoms with Gasteiger partial charge < -0.3 is 52.8 Å². The zero-order valence-electron chi connectivity index (χ0n) is 36.8. The number of halogens is 3. The Kier molecular flexibility index (Phi) is 18.4. The first-order valence-corrected chi connectivity index (χ1v) is 22.1. The third-order valence-corrected chi connectivity index (χ3v) is 11.6. The van der Waals surface area contributed by atoms with Gasteiger partial charge in [-0.15, -0.1) is 0 Å². The minimum absolute atomic E-state index is 0.0307. The van der Waals surface area contributed by atoms with Crippen LogP contribution in [-0.4, -0.2) is 112 Å². The molecule has 1 aliphatic carbocycles. The molecule has 1 saturated heterocycles. The second-order valence-electron chi connectivity index (χ2n) is 16.7. The number of rotatable bonds is 11. The summed E-state index contributed by atoms with van der Waals surface area (Å²) in [5.41, 5.74) is 8.86. The summed E-state index contributed by atoms with van der Waals surface area (Å²) in [4.78, 5) is 97.4. The van der Waals surface area contributed by atoms with Crippen LogP contribution in [0.3, 0.4) is 0 Å². The normalized spacial score (nSPS) is 23.8. The number of unbranched alkanes of at least 4 members (excludes halogenated alkanes) is 1. The van der Waals surface area contributed by atoms with E-state index in [0.29, 0.717) is 38.6 Å². The average Bonchev–Trinajstić information content (AvgIpc) is 3.94. The Balaban J connectivity index is 0.00000111. The number of aliphatic hydroxyl groups excluding tert-OH is 1. The monoisotopic (exact) mass is 934 g/mol. The Labute approximate surface area is 384 Å². The molecule has 1 aliphatic heterocycles. The van der Waals surface area contributed by atoms with E-state index < -0.39 is 95.9 Å². The van der Waals surface area contributed by atoms with E-state index in [1.807, 2.05) is 72.8 Å².